The molecule has 0 fully saturated rings. The third-order valence-electron chi connectivity index (χ3n) is 2.53. The van der Waals surface area contributed by atoms with E-state index in [0.29, 0.717) is 5.69 Å². The van der Waals surface area contributed by atoms with Crippen molar-refractivity contribution < 1.29 is 4.39 Å². The molecule has 0 aromatic heterocycles. The summed E-state index contributed by atoms with van der Waals surface area (Å²) in [6.45, 7) is 0. The van der Waals surface area contributed by atoms with Crippen molar-refractivity contribution >= 4 is 11.4 Å². The Morgan fingerprint density at radius 3 is 2.38 bits per heavy atom. The lowest BCUT2D eigenvalue weighted by molar-refractivity contribution is 0.628. The highest BCUT2D eigenvalue weighted by Crippen LogP contribution is 2.31. The van der Waals surface area contributed by atoms with E-state index in [1.165, 1.54) is 12.1 Å². The zero-order chi connectivity index (χ0) is 11.5. The van der Waals surface area contributed by atoms with Crippen LogP contribution in [0.1, 0.15) is 0 Å². The molecule has 0 amide bonds. The topological polar surface area (TPSA) is 38.0 Å². The van der Waals surface area contributed by atoms with Crippen molar-refractivity contribution in [2.24, 2.45) is 0 Å². The molecule has 2 aromatic carbocycles. The standard InChI is InChI=1S/C13H13FN2/c1-16-12-4-2-3-11(13(12)15)9-5-7-10(14)8-6-9/h2-8,16H,15H2,1H3. The molecule has 82 valence electrons. The van der Waals surface area contributed by atoms with Gasteiger partial charge in [0.2, 0.25) is 0 Å². The van der Waals surface area contributed by atoms with Crippen LogP contribution in [-0.2, 0) is 0 Å². The van der Waals surface area contributed by atoms with Gasteiger partial charge < -0.3 is 11.1 Å². The van der Waals surface area contributed by atoms with Gasteiger partial charge in [0.1, 0.15) is 5.82 Å². The maximum Gasteiger partial charge on any atom is 0.123 e. The molecule has 0 radical (unpaired) electrons. The Hall–Kier alpha value is -2.03. The van der Waals surface area contributed by atoms with Crippen LogP contribution in [0.5, 0.6) is 0 Å². The molecular weight excluding hydrogens is 203 g/mol. The van der Waals surface area contributed by atoms with Gasteiger partial charge in [-0.15, -0.1) is 0 Å². The van der Waals surface area contributed by atoms with Gasteiger partial charge >= 0.3 is 0 Å². The maximum absolute atomic E-state index is 12.8. The molecule has 16 heavy (non-hydrogen) atoms. The molecule has 0 aliphatic rings. The monoisotopic (exact) mass is 216 g/mol. The highest BCUT2D eigenvalue weighted by Gasteiger charge is 2.05. The largest absolute Gasteiger partial charge is 0.397 e. The number of halogens is 1. The van der Waals surface area contributed by atoms with Gasteiger partial charge in [-0.3, -0.25) is 0 Å². The van der Waals surface area contributed by atoms with E-state index < -0.39 is 0 Å². The van der Waals surface area contributed by atoms with Gasteiger partial charge in [0.25, 0.3) is 0 Å². The minimum absolute atomic E-state index is 0.243. The van der Waals surface area contributed by atoms with Crippen LogP contribution in [0.4, 0.5) is 15.8 Å². The minimum atomic E-state index is -0.243. The van der Waals surface area contributed by atoms with Crippen molar-refractivity contribution in [3.63, 3.8) is 0 Å². The van der Waals surface area contributed by atoms with Crippen LogP contribution < -0.4 is 11.1 Å². The number of nitrogens with one attached hydrogen (secondary N) is 1. The first-order valence-corrected chi connectivity index (χ1v) is 5.04. The number of hydrogen-bond acceptors (Lipinski definition) is 2. The molecular formula is C13H13FN2. The fourth-order valence-corrected chi connectivity index (χ4v) is 1.66. The smallest absolute Gasteiger partial charge is 0.123 e. The Labute approximate surface area is 93.9 Å². The molecule has 0 saturated carbocycles. The summed E-state index contributed by atoms with van der Waals surface area (Å²) in [6, 6.07) is 12.1. The molecule has 0 unspecified atom stereocenters. The summed E-state index contributed by atoms with van der Waals surface area (Å²) in [5.74, 6) is -0.243. The van der Waals surface area contributed by atoms with E-state index in [-0.39, 0.29) is 5.82 Å². The predicted octanol–water partition coefficient (Wildman–Crippen LogP) is 3.12. The van der Waals surface area contributed by atoms with Crippen LogP contribution in [-0.4, -0.2) is 7.05 Å². The van der Waals surface area contributed by atoms with Gasteiger partial charge in [0.05, 0.1) is 11.4 Å². The van der Waals surface area contributed by atoms with Gasteiger partial charge in [-0.2, -0.15) is 0 Å². The van der Waals surface area contributed by atoms with Gasteiger partial charge in [0, 0.05) is 12.6 Å². The van der Waals surface area contributed by atoms with Crippen molar-refractivity contribution in [1.29, 1.82) is 0 Å². The van der Waals surface area contributed by atoms with E-state index in [2.05, 4.69) is 5.32 Å². The zero-order valence-electron chi connectivity index (χ0n) is 9.00. The average molecular weight is 216 g/mol. The molecule has 2 nitrogen and oxygen atoms in total. The quantitative estimate of drug-likeness (QED) is 0.757. The second kappa shape index (κ2) is 4.23. The molecule has 0 heterocycles. The molecule has 0 aliphatic carbocycles. The van der Waals surface area contributed by atoms with E-state index in [1.54, 1.807) is 12.1 Å². The average Bonchev–Trinajstić information content (AvgIpc) is 2.31. The first-order valence-electron chi connectivity index (χ1n) is 5.04. The summed E-state index contributed by atoms with van der Waals surface area (Å²) in [5.41, 5.74) is 9.38. The number of para-hydroxylation sites is 1. The third-order valence-corrected chi connectivity index (χ3v) is 2.53. The molecule has 0 spiro atoms. The maximum atomic E-state index is 12.8. The lowest BCUT2D eigenvalue weighted by Gasteiger charge is -2.10. The van der Waals surface area contributed by atoms with Gasteiger partial charge in [0.15, 0.2) is 0 Å². The number of nitrogen functional groups attached to an aromatic ring is 1. The minimum Gasteiger partial charge on any atom is -0.397 e. The molecule has 0 aliphatic heterocycles. The third kappa shape index (κ3) is 1.84. The van der Waals surface area contributed by atoms with Crippen molar-refractivity contribution in [3.05, 3.63) is 48.3 Å². The van der Waals surface area contributed by atoms with Gasteiger partial charge in [-0.25, -0.2) is 4.39 Å². The Morgan fingerprint density at radius 2 is 1.75 bits per heavy atom. The summed E-state index contributed by atoms with van der Waals surface area (Å²) in [7, 11) is 1.82. The fraction of sp³-hybridized carbons (Fsp3) is 0.0769. The molecule has 2 aromatic rings. The fourth-order valence-electron chi connectivity index (χ4n) is 1.66. The van der Waals surface area contributed by atoms with E-state index in [1.807, 2.05) is 25.2 Å². The zero-order valence-corrected chi connectivity index (χ0v) is 9.00. The lowest BCUT2D eigenvalue weighted by atomic mass is 10.0. The number of rotatable bonds is 2. The van der Waals surface area contributed by atoms with Gasteiger partial charge in [-0.1, -0.05) is 24.3 Å². The van der Waals surface area contributed by atoms with Crippen molar-refractivity contribution in [2.75, 3.05) is 18.1 Å². The van der Waals surface area contributed by atoms with Crippen LogP contribution in [0.2, 0.25) is 0 Å². The summed E-state index contributed by atoms with van der Waals surface area (Å²) >= 11 is 0. The van der Waals surface area contributed by atoms with Crippen molar-refractivity contribution in [3.8, 4) is 11.1 Å². The van der Waals surface area contributed by atoms with Gasteiger partial charge in [-0.05, 0) is 23.8 Å². The number of nitrogens with two attached hydrogens (primary N) is 1. The lowest BCUT2D eigenvalue weighted by Crippen LogP contribution is -1.97. The Morgan fingerprint density at radius 1 is 1.06 bits per heavy atom. The molecule has 2 rings (SSSR count). The SMILES string of the molecule is CNc1cccc(-c2ccc(F)cc2)c1N. The summed E-state index contributed by atoms with van der Waals surface area (Å²) in [4.78, 5) is 0. The van der Waals surface area contributed by atoms with Crippen LogP contribution in [0, 0.1) is 5.82 Å². The second-order valence-electron chi connectivity index (χ2n) is 3.52. The second-order valence-corrected chi connectivity index (χ2v) is 3.52. The molecule has 3 heteroatoms. The highest BCUT2D eigenvalue weighted by molar-refractivity contribution is 5.85. The summed E-state index contributed by atoms with van der Waals surface area (Å²) < 4.78 is 12.8. The first kappa shape index (κ1) is 10.5. The summed E-state index contributed by atoms with van der Waals surface area (Å²) in [5, 5.41) is 3.02. The molecule has 0 saturated heterocycles. The Balaban J connectivity index is 2.51. The van der Waals surface area contributed by atoms with Crippen LogP contribution in [0.25, 0.3) is 11.1 Å². The van der Waals surface area contributed by atoms with Crippen LogP contribution >= 0.6 is 0 Å². The van der Waals surface area contributed by atoms with Crippen LogP contribution in [0.3, 0.4) is 0 Å². The normalized spacial score (nSPS) is 10.1. The molecule has 0 bridgehead atoms. The molecule has 0 atom stereocenters. The number of hydrogen-bond donors (Lipinski definition) is 2. The number of benzene rings is 2. The van der Waals surface area contributed by atoms with Crippen LogP contribution in [0.15, 0.2) is 42.5 Å². The van der Waals surface area contributed by atoms with Crippen molar-refractivity contribution in [1.82, 2.24) is 0 Å². The predicted molar refractivity (Wildman–Crippen MR) is 65.8 cm³/mol. The Bertz CT molecular complexity index is 492. The van der Waals surface area contributed by atoms with E-state index >= 15 is 0 Å². The van der Waals surface area contributed by atoms with E-state index in [4.69, 9.17) is 5.73 Å². The first-order chi connectivity index (χ1) is 7.72. The van der Waals surface area contributed by atoms with E-state index in [0.717, 1.165) is 16.8 Å². The van der Waals surface area contributed by atoms with Crippen molar-refractivity contribution in [2.45, 2.75) is 0 Å². The molecule has 3 N–H and O–H groups in total. The number of anilines is 2. The summed E-state index contributed by atoms with van der Waals surface area (Å²) in [6.07, 6.45) is 0. The van der Waals surface area contributed by atoms with E-state index in [9.17, 15) is 4.39 Å². The Kier molecular flexibility index (Phi) is 2.77. The highest BCUT2D eigenvalue weighted by atomic mass is 19.1.